The van der Waals surface area contributed by atoms with Gasteiger partial charge < -0.3 is 4.74 Å². The quantitative estimate of drug-likeness (QED) is 0.797. The molecule has 0 saturated heterocycles. The van der Waals surface area contributed by atoms with E-state index in [0.29, 0.717) is 5.56 Å². The molecule has 4 fully saturated rings. The molecule has 114 valence electrons. The Morgan fingerprint density at radius 2 is 1.73 bits per heavy atom. The van der Waals surface area contributed by atoms with Crippen LogP contribution < -0.4 is 0 Å². The van der Waals surface area contributed by atoms with Gasteiger partial charge in [0, 0.05) is 5.56 Å². The van der Waals surface area contributed by atoms with Crippen LogP contribution in [0.4, 0.5) is 0 Å². The summed E-state index contributed by atoms with van der Waals surface area (Å²) in [6.45, 7) is 0.227. The largest absolute Gasteiger partial charge is 0.460 e. The van der Waals surface area contributed by atoms with E-state index in [-0.39, 0.29) is 18.0 Å². The maximum absolute atomic E-state index is 12.8. The van der Waals surface area contributed by atoms with E-state index < -0.39 is 0 Å². The predicted molar refractivity (Wildman–Crippen MR) is 81.6 cm³/mol. The number of nitrogens with zero attached hydrogens (tertiary/aromatic N) is 1. The molecule has 0 heterocycles. The highest BCUT2D eigenvalue weighted by molar-refractivity contribution is 5.77. The first kappa shape index (κ1) is 13.8. The Kier molecular flexibility index (Phi) is 3.22. The molecule has 0 N–H and O–H groups in total. The van der Waals surface area contributed by atoms with Gasteiger partial charge in [-0.2, -0.15) is 5.26 Å². The maximum Gasteiger partial charge on any atom is 0.312 e. The summed E-state index contributed by atoms with van der Waals surface area (Å²) in [5, 5.41) is 9.12. The highest BCUT2D eigenvalue weighted by Crippen LogP contribution is 2.60. The van der Waals surface area contributed by atoms with Gasteiger partial charge in [0.2, 0.25) is 0 Å². The van der Waals surface area contributed by atoms with Crippen molar-refractivity contribution in [3.8, 4) is 6.07 Å². The lowest BCUT2D eigenvalue weighted by Gasteiger charge is -2.55. The maximum atomic E-state index is 12.8. The van der Waals surface area contributed by atoms with Crippen molar-refractivity contribution in [2.75, 3.05) is 0 Å². The van der Waals surface area contributed by atoms with Gasteiger partial charge in [0.05, 0.1) is 17.0 Å². The fourth-order valence-electron chi connectivity index (χ4n) is 5.41. The molecule has 5 rings (SSSR count). The van der Waals surface area contributed by atoms with Crippen molar-refractivity contribution in [3.63, 3.8) is 0 Å². The Balaban J connectivity index is 1.48. The average molecular weight is 295 g/mol. The molecule has 0 aliphatic heterocycles. The minimum Gasteiger partial charge on any atom is -0.460 e. The number of hydrogen-bond acceptors (Lipinski definition) is 3. The molecule has 0 spiro atoms. The van der Waals surface area contributed by atoms with Gasteiger partial charge in [0.15, 0.2) is 0 Å². The minimum absolute atomic E-state index is 0.0145. The van der Waals surface area contributed by atoms with Crippen LogP contribution in [0.3, 0.4) is 0 Å². The van der Waals surface area contributed by atoms with E-state index in [4.69, 9.17) is 10.00 Å². The highest BCUT2D eigenvalue weighted by Gasteiger charge is 2.55. The van der Waals surface area contributed by atoms with Gasteiger partial charge in [0.1, 0.15) is 6.61 Å². The molecule has 4 saturated carbocycles. The molecule has 0 aromatic heterocycles. The zero-order valence-electron chi connectivity index (χ0n) is 12.8. The third kappa shape index (κ3) is 2.22. The fraction of sp³-hybridized carbons (Fsp3) is 0.579. The molecule has 0 radical (unpaired) electrons. The van der Waals surface area contributed by atoms with Crippen LogP contribution in [0.25, 0.3) is 0 Å². The lowest BCUT2D eigenvalue weighted by molar-refractivity contribution is -0.172. The summed E-state index contributed by atoms with van der Waals surface area (Å²) in [4.78, 5) is 12.8. The standard InChI is InChI=1S/C19H21NO2/c20-11-16-3-1-2-4-17(16)12-22-18(21)19-8-13-5-14(9-19)7-15(6-13)10-19/h1-4,13-15H,5-10,12H2. The van der Waals surface area contributed by atoms with Crippen molar-refractivity contribution >= 4 is 5.97 Å². The minimum atomic E-state index is -0.212. The second-order valence-electron chi connectivity index (χ2n) is 7.54. The molecule has 0 amide bonds. The van der Waals surface area contributed by atoms with Gasteiger partial charge in [-0.05, 0) is 62.3 Å². The number of esters is 1. The topological polar surface area (TPSA) is 50.1 Å². The monoisotopic (exact) mass is 295 g/mol. The Morgan fingerprint density at radius 1 is 1.14 bits per heavy atom. The number of carbonyl (C=O) groups excluding carboxylic acids is 1. The third-order valence-corrected chi connectivity index (χ3v) is 5.97. The fourth-order valence-corrected chi connectivity index (χ4v) is 5.41. The number of nitriles is 1. The number of benzene rings is 1. The summed E-state index contributed by atoms with van der Waals surface area (Å²) in [7, 11) is 0. The van der Waals surface area contributed by atoms with Crippen molar-refractivity contribution in [1.29, 1.82) is 5.26 Å². The molecule has 3 heteroatoms. The summed E-state index contributed by atoms with van der Waals surface area (Å²) in [5.74, 6) is 2.21. The zero-order valence-corrected chi connectivity index (χ0v) is 12.8. The molecule has 0 atom stereocenters. The van der Waals surface area contributed by atoms with E-state index in [1.807, 2.05) is 18.2 Å². The molecule has 0 unspecified atom stereocenters. The van der Waals surface area contributed by atoms with Crippen LogP contribution in [0, 0.1) is 34.5 Å². The number of carbonyl (C=O) groups is 1. The molecular weight excluding hydrogens is 274 g/mol. The second-order valence-corrected chi connectivity index (χ2v) is 7.54. The molecule has 1 aromatic carbocycles. The van der Waals surface area contributed by atoms with Gasteiger partial charge in [0.25, 0.3) is 0 Å². The lowest BCUT2D eigenvalue weighted by Crippen LogP contribution is -2.50. The van der Waals surface area contributed by atoms with E-state index in [2.05, 4.69) is 6.07 Å². The Labute approximate surface area is 131 Å². The Morgan fingerprint density at radius 3 is 2.32 bits per heavy atom. The van der Waals surface area contributed by atoms with Crippen LogP contribution >= 0.6 is 0 Å². The molecule has 3 nitrogen and oxygen atoms in total. The highest BCUT2D eigenvalue weighted by atomic mass is 16.5. The van der Waals surface area contributed by atoms with Crippen LogP contribution in [0.2, 0.25) is 0 Å². The van der Waals surface area contributed by atoms with Crippen LogP contribution in [0.15, 0.2) is 24.3 Å². The molecule has 22 heavy (non-hydrogen) atoms. The van der Waals surface area contributed by atoms with E-state index in [0.717, 1.165) is 42.6 Å². The van der Waals surface area contributed by atoms with Gasteiger partial charge in [-0.15, -0.1) is 0 Å². The van der Waals surface area contributed by atoms with Crippen molar-refractivity contribution in [2.45, 2.75) is 45.1 Å². The van der Waals surface area contributed by atoms with E-state index in [9.17, 15) is 4.79 Å². The number of rotatable bonds is 3. The third-order valence-electron chi connectivity index (χ3n) is 5.97. The predicted octanol–water partition coefficient (Wildman–Crippen LogP) is 3.82. The molecule has 1 aromatic rings. The van der Waals surface area contributed by atoms with Crippen molar-refractivity contribution < 1.29 is 9.53 Å². The van der Waals surface area contributed by atoms with Crippen molar-refractivity contribution in [3.05, 3.63) is 35.4 Å². The van der Waals surface area contributed by atoms with E-state index in [1.165, 1.54) is 19.3 Å². The smallest absolute Gasteiger partial charge is 0.312 e. The first-order valence-electron chi connectivity index (χ1n) is 8.34. The normalized spacial score (nSPS) is 35.1. The van der Waals surface area contributed by atoms with Crippen LogP contribution in [-0.2, 0) is 16.1 Å². The summed E-state index contributed by atoms with van der Waals surface area (Å²) in [6, 6.07) is 9.52. The van der Waals surface area contributed by atoms with Gasteiger partial charge >= 0.3 is 5.97 Å². The zero-order chi connectivity index (χ0) is 15.2. The average Bonchev–Trinajstić information content (AvgIpc) is 2.51. The van der Waals surface area contributed by atoms with Crippen molar-refractivity contribution in [1.82, 2.24) is 0 Å². The Hall–Kier alpha value is -1.82. The van der Waals surface area contributed by atoms with Crippen LogP contribution in [0.5, 0.6) is 0 Å². The van der Waals surface area contributed by atoms with Crippen LogP contribution in [-0.4, -0.2) is 5.97 Å². The Bertz CT molecular complexity index is 608. The first-order valence-corrected chi connectivity index (χ1v) is 8.34. The van der Waals surface area contributed by atoms with E-state index in [1.54, 1.807) is 6.07 Å². The van der Waals surface area contributed by atoms with Crippen molar-refractivity contribution in [2.24, 2.45) is 23.2 Å². The summed E-state index contributed by atoms with van der Waals surface area (Å²) in [5.41, 5.74) is 1.19. The molecule has 4 aliphatic carbocycles. The lowest BCUT2D eigenvalue weighted by atomic mass is 9.49. The molecular formula is C19H21NO2. The summed E-state index contributed by atoms with van der Waals surface area (Å²) >= 11 is 0. The SMILES string of the molecule is N#Cc1ccccc1COC(=O)C12CC3CC(CC(C3)C1)C2. The van der Waals surface area contributed by atoms with Gasteiger partial charge in [-0.25, -0.2) is 0 Å². The summed E-state index contributed by atoms with van der Waals surface area (Å²) in [6.07, 6.45) is 7.05. The second kappa shape index (κ2) is 5.12. The van der Waals surface area contributed by atoms with Gasteiger partial charge in [-0.1, -0.05) is 18.2 Å². The summed E-state index contributed by atoms with van der Waals surface area (Å²) < 4.78 is 5.67. The van der Waals surface area contributed by atoms with Gasteiger partial charge in [-0.3, -0.25) is 4.79 Å². The number of hydrogen-bond donors (Lipinski definition) is 0. The number of ether oxygens (including phenoxy) is 1. The first-order chi connectivity index (χ1) is 10.7. The molecule has 4 bridgehead atoms. The van der Waals surface area contributed by atoms with E-state index >= 15 is 0 Å². The molecule has 4 aliphatic rings. The van der Waals surface area contributed by atoms with Crippen LogP contribution in [0.1, 0.15) is 49.7 Å².